The molecule has 0 atom stereocenters. The van der Waals surface area contributed by atoms with Crippen LogP contribution in [0.3, 0.4) is 0 Å². The first-order valence-electron chi connectivity index (χ1n) is 4.84. The number of nitrogens with one attached hydrogen (secondary N) is 1. The van der Waals surface area contributed by atoms with Crippen LogP contribution >= 0.6 is 0 Å². The molecule has 0 aliphatic carbocycles. The molecule has 15 heavy (non-hydrogen) atoms. The maximum absolute atomic E-state index is 10.7. The van der Waals surface area contributed by atoms with Gasteiger partial charge in [0, 0.05) is 19.3 Å². The van der Waals surface area contributed by atoms with E-state index in [1.165, 1.54) is 12.5 Å². The summed E-state index contributed by atoms with van der Waals surface area (Å²) in [6.07, 6.45) is 3.94. The molecule has 2 heterocycles. The number of hydrogen-bond donors (Lipinski definition) is 1. The van der Waals surface area contributed by atoms with Crippen molar-refractivity contribution in [2.24, 2.45) is 0 Å². The standard InChI is InChI=1S/C11H13N3O/c1-8-3-4-11-13-10(5-12-9(2)15)7-14(11)6-8/h3-4,6-7H,5H2,1-2H3,(H,12,15). The molecule has 4 nitrogen and oxygen atoms in total. The van der Waals surface area contributed by atoms with Crippen LogP contribution in [0.5, 0.6) is 0 Å². The Morgan fingerprint density at radius 3 is 3.00 bits per heavy atom. The van der Waals surface area contributed by atoms with Gasteiger partial charge in [0.2, 0.25) is 5.91 Å². The fourth-order valence-corrected chi connectivity index (χ4v) is 1.46. The second kappa shape index (κ2) is 3.73. The highest BCUT2D eigenvalue weighted by molar-refractivity contribution is 5.72. The Bertz CT molecular complexity index is 502. The number of pyridine rings is 1. The second-order valence-corrected chi connectivity index (χ2v) is 3.61. The van der Waals surface area contributed by atoms with Crippen LogP contribution in [0, 0.1) is 6.92 Å². The van der Waals surface area contributed by atoms with Gasteiger partial charge in [-0.2, -0.15) is 0 Å². The van der Waals surface area contributed by atoms with E-state index in [1.807, 2.05) is 35.9 Å². The molecule has 4 heteroatoms. The normalized spacial score (nSPS) is 10.5. The van der Waals surface area contributed by atoms with Crippen molar-refractivity contribution < 1.29 is 4.79 Å². The van der Waals surface area contributed by atoms with Gasteiger partial charge in [0.1, 0.15) is 5.65 Å². The minimum absolute atomic E-state index is 0.0387. The summed E-state index contributed by atoms with van der Waals surface area (Å²) in [5, 5.41) is 2.72. The van der Waals surface area contributed by atoms with E-state index in [-0.39, 0.29) is 5.91 Å². The number of carbonyl (C=O) groups excluding carboxylic acids is 1. The maximum Gasteiger partial charge on any atom is 0.217 e. The van der Waals surface area contributed by atoms with Gasteiger partial charge in [-0.1, -0.05) is 6.07 Å². The molecule has 0 bridgehead atoms. The van der Waals surface area contributed by atoms with E-state index in [0.29, 0.717) is 6.54 Å². The van der Waals surface area contributed by atoms with Gasteiger partial charge in [-0.3, -0.25) is 4.79 Å². The Morgan fingerprint density at radius 2 is 2.27 bits per heavy atom. The first-order valence-corrected chi connectivity index (χ1v) is 4.84. The molecule has 2 aromatic heterocycles. The minimum Gasteiger partial charge on any atom is -0.351 e. The molecule has 0 aliphatic rings. The number of aryl methyl sites for hydroxylation is 1. The zero-order valence-electron chi connectivity index (χ0n) is 8.82. The molecular weight excluding hydrogens is 190 g/mol. The highest BCUT2D eigenvalue weighted by atomic mass is 16.1. The molecule has 1 N–H and O–H groups in total. The van der Waals surface area contributed by atoms with Crippen LogP contribution in [0.1, 0.15) is 18.2 Å². The van der Waals surface area contributed by atoms with Gasteiger partial charge in [-0.15, -0.1) is 0 Å². The summed E-state index contributed by atoms with van der Waals surface area (Å²) in [6.45, 7) is 4.02. The van der Waals surface area contributed by atoms with Crippen LogP contribution in [-0.4, -0.2) is 15.3 Å². The summed E-state index contributed by atoms with van der Waals surface area (Å²) < 4.78 is 1.96. The lowest BCUT2D eigenvalue weighted by atomic mass is 10.3. The summed E-state index contributed by atoms with van der Waals surface area (Å²) in [5.74, 6) is -0.0387. The second-order valence-electron chi connectivity index (χ2n) is 3.61. The van der Waals surface area contributed by atoms with Crippen LogP contribution in [0.15, 0.2) is 24.5 Å². The molecular formula is C11H13N3O. The van der Waals surface area contributed by atoms with E-state index in [4.69, 9.17) is 0 Å². The maximum atomic E-state index is 10.7. The Kier molecular flexibility index (Phi) is 2.41. The lowest BCUT2D eigenvalue weighted by Gasteiger charge is -1.95. The topological polar surface area (TPSA) is 46.4 Å². The Hall–Kier alpha value is -1.84. The summed E-state index contributed by atoms with van der Waals surface area (Å²) in [4.78, 5) is 15.1. The average molecular weight is 203 g/mol. The van der Waals surface area contributed by atoms with Crippen molar-refractivity contribution in [1.29, 1.82) is 0 Å². The lowest BCUT2D eigenvalue weighted by molar-refractivity contribution is -0.119. The molecule has 0 saturated heterocycles. The third kappa shape index (κ3) is 2.15. The van der Waals surface area contributed by atoms with Crippen molar-refractivity contribution in [1.82, 2.24) is 14.7 Å². The highest BCUT2D eigenvalue weighted by Crippen LogP contribution is 2.06. The zero-order chi connectivity index (χ0) is 10.8. The molecule has 0 aliphatic heterocycles. The zero-order valence-corrected chi connectivity index (χ0v) is 8.82. The number of hydrogen-bond acceptors (Lipinski definition) is 2. The largest absolute Gasteiger partial charge is 0.351 e. The van der Waals surface area contributed by atoms with E-state index in [2.05, 4.69) is 10.3 Å². The summed E-state index contributed by atoms with van der Waals surface area (Å²) in [5.41, 5.74) is 2.96. The van der Waals surface area contributed by atoms with Gasteiger partial charge >= 0.3 is 0 Å². The number of fused-ring (bicyclic) bond motifs is 1. The van der Waals surface area contributed by atoms with E-state index >= 15 is 0 Å². The SMILES string of the molecule is CC(=O)NCc1cn2cc(C)ccc2n1. The first kappa shape index (κ1) is 9.71. The summed E-state index contributed by atoms with van der Waals surface area (Å²) in [6, 6.07) is 3.98. The number of carbonyl (C=O) groups is 1. The van der Waals surface area contributed by atoms with E-state index in [1.54, 1.807) is 0 Å². The number of aromatic nitrogens is 2. The van der Waals surface area contributed by atoms with Gasteiger partial charge in [-0.05, 0) is 18.6 Å². The fourth-order valence-electron chi connectivity index (χ4n) is 1.46. The molecule has 1 amide bonds. The smallest absolute Gasteiger partial charge is 0.217 e. The van der Waals surface area contributed by atoms with Crippen molar-refractivity contribution in [2.45, 2.75) is 20.4 Å². The van der Waals surface area contributed by atoms with Crippen molar-refractivity contribution >= 4 is 11.6 Å². The van der Waals surface area contributed by atoms with E-state index < -0.39 is 0 Å². The van der Waals surface area contributed by atoms with Gasteiger partial charge < -0.3 is 9.72 Å². The number of imidazole rings is 1. The molecule has 0 radical (unpaired) electrons. The van der Waals surface area contributed by atoms with E-state index in [0.717, 1.165) is 11.3 Å². The Morgan fingerprint density at radius 1 is 1.47 bits per heavy atom. The predicted octanol–water partition coefficient (Wildman–Crippen LogP) is 1.28. The number of amides is 1. The van der Waals surface area contributed by atoms with Crippen molar-refractivity contribution in [3.63, 3.8) is 0 Å². The molecule has 0 spiro atoms. The van der Waals surface area contributed by atoms with Crippen LogP contribution in [0.2, 0.25) is 0 Å². The van der Waals surface area contributed by atoms with Gasteiger partial charge in [0.05, 0.1) is 12.2 Å². The van der Waals surface area contributed by atoms with Crippen molar-refractivity contribution in [3.8, 4) is 0 Å². The molecule has 78 valence electrons. The van der Waals surface area contributed by atoms with Crippen LogP contribution in [-0.2, 0) is 11.3 Å². The third-order valence-corrected chi connectivity index (χ3v) is 2.17. The van der Waals surface area contributed by atoms with Crippen molar-refractivity contribution in [2.75, 3.05) is 0 Å². The van der Waals surface area contributed by atoms with Crippen LogP contribution < -0.4 is 5.32 Å². The van der Waals surface area contributed by atoms with Crippen LogP contribution in [0.25, 0.3) is 5.65 Å². The number of rotatable bonds is 2. The monoisotopic (exact) mass is 203 g/mol. The average Bonchev–Trinajstić information content (AvgIpc) is 2.56. The minimum atomic E-state index is -0.0387. The quantitative estimate of drug-likeness (QED) is 0.799. The molecule has 0 unspecified atom stereocenters. The number of nitrogens with zero attached hydrogens (tertiary/aromatic N) is 2. The summed E-state index contributed by atoms with van der Waals surface area (Å²) in [7, 11) is 0. The van der Waals surface area contributed by atoms with E-state index in [9.17, 15) is 4.79 Å². The highest BCUT2D eigenvalue weighted by Gasteiger charge is 2.01. The van der Waals surface area contributed by atoms with Gasteiger partial charge in [0.15, 0.2) is 0 Å². The molecule has 0 aromatic carbocycles. The molecule has 0 saturated carbocycles. The lowest BCUT2D eigenvalue weighted by Crippen LogP contribution is -2.18. The predicted molar refractivity (Wildman–Crippen MR) is 57.4 cm³/mol. The fraction of sp³-hybridized carbons (Fsp3) is 0.273. The molecule has 2 aromatic rings. The third-order valence-electron chi connectivity index (χ3n) is 2.17. The summed E-state index contributed by atoms with van der Waals surface area (Å²) >= 11 is 0. The Balaban J connectivity index is 2.27. The van der Waals surface area contributed by atoms with Gasteiger partial charge in [0.25, 0.3) is 0 Å². The first-order chi connectivity index (χ1) is 7.15. The van der Waals surface area contributed by atoms with Crippen molar-refractivity contribution in [3.05, 3.63) is 35.8 Å². The Labute approximate surface area is 87.9 Å². The molecule has 2 rings (SSSR count). The van der Waals surface area contributed by atoms with Gasteiger partial charge in [-0.25, -0.2) is 4.98 Å². The van der Waals surface area contributed by atoms with Crippen LogP contribution in [0.4, 0.5) is 0 Å². The molecule has 0 fully saturated rings.